The number of hydrogen-bond donors (Lipinski definition) is 2. The molecule has 1 amide bonds. The summed E-state index contributed by atoms with van der Waals surface area (Å²) in [4.78, 5) is 24.6. The molecule has 4 aromatic rings. The van der Waals surface area contributed by atoms with Crippen LogP contribution in [0.3, 0.4) is 0 Å². The highest BCUT2D eigenvalue weighted by atomic mass is 32.2. The Bertz CT molecular complexity index is 1820. The summed E-state index contributed by atoms with van der Waals surface area (Å²) in [5, 5.41) is 3.23. The van der Waals surface area contributed by atoms with Crippen molar-refractivity contribution in [3.8, 4) is 17.1 Å². The molecule has 3 aromatic carbocycles. The van der Waals surface area contributed by atoms with E-state index in [1.807, 2.05) is 6.07 Å². The second-order valence-corrected chi connectivity index (χ2v) is 13.0. The number of halogens is 1. The number of hydrogen-bond acceptors (Lipinski definition) is 9. The van der Waals surface area contributed by atoms with E-state index in [9.17, 15) is 22.4 Å². The van der Waals surface area contributed by atoms with Crippen LogP contribution < -0.4 is 14.8 Å². The van der Waals surface area contributed by atoms with Crippen molar-refractivity contribution < 1.29 is 45.8 Å². The molecule has 1 fully saturated rings. The minimum Gasteiger partial charge on any atom is -0.491 e. The van der Waals surface area contributed by atoms with Crippen LogP contribution in [0, 0.1) is 5.82 Å². The van der Waals surface area contributed by atoms with Crippen LogP contribution in [0.25, 0.3) is 22.3 Å². The zero-order valence-electron chi connectivity index (χ0n) is 26.9. The predicted octanol–water partition coefficient (Wildman–Crippen LogP) is 5.18. The van der Waals surface area contributed by atoms with Crippen LogP contribution in [0.2, 0.25) is 0 Å². The Kier molecular flexibility index (Phi) is 11.8. The maximum atomic E-state index is 13.6. The van der Waals surface area contributed by atoms with Crippen LogP contribution in [0.15, 0.2) is 65.1 Å². The van der Waals surface area contributed by atoms with Crippen LogP contribution in [0.5, 0.6) is 5.75 Å². The van der Waals surface area contributed by atoms with E-state index in [4.69, 9.17) is 23.4 Å². The highest BCUT2D eigenvalue weighted by Gasteiger charge is 2.31. The van der Waals surface area contributed by atoms with E-state index in [0.717, 1.165) is 18.4 Å². The average molecular weight is 683 g/mol. The maximum Gasteiger partial charge on any atom is 0.338 e. The lowest BCUT2D eigenvalue weighted by atomic mass is 9.98. The van der Waals surface area contributed by atoms with E-state index in [1.54, 1.807) is 37.3 Å². The van der Waals surface area contributed by atoms with Gasteiger partial charge in [0.05, 0.1) is 49.9 Å². The third-order valence-corrected chi connectivity index (χ3v) is 9.01. The number of amides is 1. The van der Waals surface area contributed by atoms with Gasteiger partial charge in [0, 0.05) is 24.5 Å². The predicted molar refractivity (Wildman–Crippen MR) is 177 cm³/mol. The molecule has 0 spiro atoms. The van der Waals surface area contributed by atoms with E-state index < -0.39 is 15.8 Å². The van der Waals surface area contributed by atoms with Gasteiger partial charge in [-0.1, -0.05) is 0 Å². The molecule has 0 aliphatic heterocycles. The molecule has 5 rings (SSSR count). The Morgan fingerprint density at radius 1 is 0.938 bits per heavy atom. The monoisotopic (exact) mass is 682 g/mol. The molecule has 256 valence electrons. The van der Waals surface area contributed by atoms with E-state index >= 15 is 0 Å². The SMILES string of the molecule is CCOC(=O)c1ccc(OCCOCCOCCNS(=O)(=O)Cc2cc3oc(-c4ccc(F)cc4)c(C(=O)NC)c3cc2C2CC2)cc1. The molecule has 1 saturated carbocycles. The fourth-order valence-corrected chi connectivity index (χ4v) is 6.38. The van der Waals surface area contributed by atoms with Crippen LogP contribution in [-0.4, -0.2) is 73.5 Å². The zero-order chi connectivity index (χ0) is 34.1. The molecule has 1 aliphatic rings. The van der Waals surface area contributed by atoms with Gasteiger partial charge < -0.3 is 28.7 Å². The minimum absolute atomic E-state index is 0.0878. The van der Waals surface area contributed by atoms with Crippen LogP contribution in [-0.2, 0) is 30.0 Å². The molecular weight excluding hydrogens is 643 g/mol. The lowest BCUT2D eigenvalue weighted by Gasteiger charge is -2.12. The number of carbonyl (C=O) groups is 2. The first-order valence-corrected chi connectivity index (χ1v) is 17.4. The van der Waals surface area contributed by atoms with Gasteiger partial charge in [-0.05, 0) is 97.5 Å². The second kappa shape index (κ2) is 16.2. The molecule has 0 bridgehead atoms. The van der Waals surface area contributed by atoms with Gasteiger partial charge in [0.25, 0.3) is 5.91 Å². The number of benzene rings is 3. The molecular formula is C35H39FN2O9S. The number of ether oxygens (including phenoxy) is 4. The molecule has 0 radical (unpaired) electrons. The number of furan rings is 1. The molecule has 0 atom stereocenters. The number of carbonyl (C=O) groups excluding carboxylic acids is 2. The average Bonchev–Trinajstić information content (AvgIpc) is 3.85. The largest absolute Gasteiger partial charge is 0.491 e. The van der Waals surface area contributed by atoms with Gasteiger partial charge in [0.1, 0.15) is 29.5 Å². The number of fused-ring (bicyclic) bond motifs is 1. The summed E-state index contributed by atoms with van der Waals surface area (Å²) < 4.78 is 70.0. The summed E-state index contributed by atoms with van der Waals surface area (Å²) >= 11 is 0. The lowest BCUT2D eigenvalue weighted by molar-refractivity contribution is 0.0382. The van der Waals surface area contributed by atoms with Gasteiger partial charge in [0.2, 0.25) is 10.0 Å². The van der Waals surface area contributed by atoms with Gasteiger partial charge >= 0.3 is 5.97 Å². The van der Waals surface area contributed by atoms with Gasteiger partial charge in [-0.2, -0.15) is 0 Å². The normalized spacial score (nSPS) is 13.1. The Balaban J connectivity index is 1.09. The number of esters is 1. The molecule has 2 N–H and O–H groups in total. The topological polar surface area (TPSA) is 142 Å². The second-order valence-electron chi connectivity index (χ2n) is 11.2. The maximum absolute atomic E-state index is 13.6. The quantitative estimate of drug-likeness (QED) is 0.107. The minimum atomic E-state index is -3.72. The highest BCUT2D eigenvalue weighted by Crippen LogP contribution is 2.45. The van der Waals surface area contributed by atoms with E-state index in [-0.39, 0.29) is 43.3 Å². The van der Waals surface area contributed by atoms with Crippen molar-refractivity contribution in [3.63, 3.8) is 0 Å². The first-order chi connectivity index (χ1) is 23.2. The van der Waals surface area contributed by atoms with Crippen molar-refractivity contribution in [3.05, 3.63) is 88.7 Å². The molecule has 1 aromatic heterocycles. The van der Waals surface area contributed by atoms with Gasteiger partial charge in [0.15, 0.2) is 0 Å². The van der Waals surface area contributed by atoms with Crippen molar-refractivity contribution in [1.82, 2.24) is 10.0 Å². The first kappa shape index (κ1) is 35.0. The molecule has 0 unspecified atom stereocenters. The van der Waals surface area contributed by atoms with Crippen molar-refractivity contribution in [2.45, 2.75) is 31.4 Å². The zero-order valence-corrected chi connectivity index (χ0v) is 27.7. The summed E-state index contributed by atoms with van der Waals surface area (Å²) in [6.45, 7) is 3.54. The van der Waals surface area contributed by atoms with E-state index in [0.29, 0.717) is 71.2 Å². The molecule has 0 saturated heterocycles. The fraction of sp³-hybridized carbons (Fsp3) is 0.371. The van der Waals surface area contributed by atoms with Crippen LogP contribution in [0.1, 0.15) is 57.5 Å². The Labute approximate surface area is 278 Å². The lowest BCUT2D eigenvalue weighted by Crippen LogP contribution is -2.29. The van der Waals surface area contributed by atoms with Gasteiger partial charge in [-0.15, -0.1) is 0 Å². The van der Waals surface area contributed by atoms with Crippen LogP contribution in [0.4, 0.5) is 4.39 Å². The van der Waals surface area contributed by atoms with E-state index in [1.165, 1.54) is 31.3 Å². The fourth-order valence-electron chi connectivity index (χ4n) is 5.22. The molecule has 11 nitrogen and oxygen atoms in total. The Morgan fingerprint density at radius 3 is 2.29 bits per heavy atom. The summed E-state index contributed by atoms with van der Waals surface area (Å²) in [6, 6.07) is 15.9. The molecule has 1 heterocycles. The summed E-state index contributed by atoms with van der Waals surface area (Å²) in [7, 11) is -2.20. The standard InChI is InChI=1S/C35H39FN2O9S/c1-3-45-35(40)25-8-12-28(13-9-25)46-19-18-44-17-16-43-15-14-38-48(41,42)22-26-20-31-30(21-29(26)23-4-5-23)32(34(39)37-2)33(47-31)24-6-10-27(36)11-7-24/h6-13,20-21,23,38H,3-5,14-19,22H2,1-2H3,(H,37,39). The van der Waals surface area contributed by atoms with Gasteiger partial charge in [-0.25, -0.2) is 22.3 Å². The summed E-state index contributed by atoms with van der Waals surface area (Å²) in [5.41, 5.74) is 3.16. The Morgan fingerprint density at radius 2 is 1.62 bits per heavy atom. The third kappa shape index (κ3) is 9.19. The molecule has 13 heteroatoms. The first-order valence-electron chi connectivity index (χ1n) is 15.8. The smallest absolute Gasteiger partial charge is 0.338 e. The summed E-state index contributed by atoms with van der Waals surface area (Å²) in [5.74, 6) is -0.308. The van der Waals surface area contributed by atoms with Crippen molar-refractivity contribution >= 4 is 32.9 Å². The number of sulfonamides is 1. The number of rotatable bonds is 18. The van der Waals surface area contributed by atoms with Crippen molar-refractivity contribution in [2.75, 3.05) is 53.2 Å². The molecule has 1 aliphatic carbocycles. The van der Waals surface area contributed by atoms with Crippen LogP contribution >= 0.6 is 0 Å². The molecule has 48 heavy (non-hydrogen) atoms. The van der Waals surface area contributed by atoms with Crippen molar-refractivity contribution in [2.24, 2.45) is 0 Å². The van der Waals surface area contributed by atoms with E-state index in [2.05, 4.69) is 10.0 Å². The Hall–Kier alpha value is -4.30. The summed E-state index contributed by atoms with van der Waals surface area (Å²) in [6.07, 6.45) is 1.85. The highest BCUT2D eigenvalue weighted by molar-refractivity contribution is 7.88. The van der Waals surface area contributed by atoms with Gasteiger partial charge in [-0.3, -0.25) is 4.79 Å². The van der Waals surface area contributed by atoms with Crippen molar-refractivity contribution in [1.29, 1.82) is 0 Å². The number of nitrogens with one attached hydrogen (secondary N) is 2. The third-order valence-electron chi connectivity index (χ3n) is 7.68.